The Labute approximate surface area is 124 Å². The van der Waals surface area contributed by atoms with Gasteiger partial charge in [-0.15, -0.1) is 0 Å². The minimum Gasteiger partial charge on any atom is -0.468 e. The van der Waals surface area contributed by atoms with Gasteiger partial charge in [-0.25, -0.2) is 4.68 Å². The fourth-order valence-electron chi connectivity index (χ4n) is 2.78. The van der Waals surface area contributed by atoms with E-state index in [9.17, 15) is 10.1 Å². The predicted molar refractivity (Wildman–Crippen MR) is 79.5 cm³/mol. The summed E-state index contributed by atoms with van der Waals surface area (Å²) in [6.07, 6.45) is 4.82. The highest BCUT2D eigenvalue weighted by Crippen LogP contribution is 2.35. The summed E-state index contributed by atoms with van der Waals surface area (Å²) in [5.74, 6) is 0.245. The number of hydrogen-bond donors (Lipinski definition) is 1. The van der Waals surface area contributed by atoms with Gasteiger partial charge in [0.05, 0.1) is 11.0 Å². The van der Waals surface area contributed by atoms with E-state index in [4.69, 9.17) is 10.5 Å². The topological polar surface area (TPSA) is 96.2 Å². The first-order valence-corrected chi connectivity index (χ1v) is 7.57. The van der Waals surface area contributed by atoms with Crippen molar-refractivity contribution in [2.75, 3.05) is 0 Å². The lowest BCUT2D eigenvalue weighted by molar-refractivity contribution is -0.386. The Morgan fingerprint density at radius 2 is 2.05 bits per heavy atom. The van der Waals surface area contributed by atoms with Crippen LogP contribution < -0.4 is 10.5 Å². The molecule has 21 heavy (non-hydrogen) atoms. The molecule has 7 nitrogen and oxygen atoms in total. The summed E-state index contributed by atoms with van der Waals surface area (Å²) < 4.78 is 7.58. The Morgan fingerprint density at radius 1 is 1.38 bits per heavy atom. The van der Waals surface area contributed by atoms with Gasteiger partial charge in [0.25, 0.3) is 5.88 Å². The van der Waals surface area contributed by atoms with Crippen LogP contribution in [0.1, 0.15) is 57.7 Å². The van der Waals surface area contributed by atoms with E-state index in [1.807, 2.05) is 13.8 Å². The van der Waals surface area contributed by atoms with Crippen LogP contribution in [0.3, 0.4) is 0 Å². The average Bonchev–Trinajstić information content (AvgIpc) is 2.59. The molecular formula is C14H24N4O3. The first-order chi connectivity index (χ1) is 9.91. The second kappa shape index (κ2) is 6.43. The van der Waals surface area contributed by atoms with Gasteiger partial charge in [0, 0.05) is 6.04 Å². The molecule has 1 aliphatic carbocycles. The molecule has 7 heteroatoms. The number of nitrogens with two attached hydrogens (primary N) is 1. The molecule has 0 saturated heterocycles. The van der Waals surface area contributed by atoms with Crippen molar-refractivity contribution in [3.8, 4) is 5.88 Å². The van der Waals surface area contributed by atoms with Crippen molar-refractivity contribution in [2.45, 2.75) is 71.1 Å². The predicted octanol–water partition coefficient (Wildman–Crippen LogP) is 2.72. The van der Waals surface area contributed by atoms with Crippen molar-refractivity contribution in [3.63, 3.8) is 0 Å². The molecule has 0 radical (unpaired) electrons. The fraction of sp³-hybridized carbons (Fsp3) is 0.786. The second-order valence-electron chi connectivity index (χ2n) is 5.99. The highest BCUT2D eigenvalue weighted by molar-refractivity contribution is 5.46. The Morgan fingerprint density at radius 3 is 2.67 bits per heavy atom. The third-order valence-corrected chi connectivity index (χ3v) is 3.95. The molecule has 1 saturated carbocycles. The van der Waals surface area contributed by atoms with Crippen molar-refractivity contribution in [2.24, 2.45) is 5.73 Å². The van der Waals surface area contributed by atoms with Gasteiger partial charge in [-0.2, -0.15) is 5.10 Å². The summed E-state index contributed by atoms with van der Waals surface area (Å²) in [7, 11) is 0. The Kier molecular flexibility index (Phi) is 4.82. The summed E-state index contributed by atoms with van der Waals surface area (Å²) in [4.78, 5) is 10.9. The Balaban J connectivity index is 2.34. The SMILES string of the molecule is Cc1nn(C(C)C)c(OC2CCCCCC2N)c1[N+](=O)[O-]. The highest BCUT2D eigenvalue weighted by atomic mass is 16.6. The first-order valence-electron chi connectivity index (χ1n) is 7.57. The van der Waals surface area contributed by atoms with Crippen molar-refractivity contribution < 1.29 is 9.66 Å². The molecule has 0 spiro atoms. The fourth-order valence-corrected chi connectivity index (χ4v) is 2.78. The van der Waals surface area contributed by atoms with Gasteiger partial charge in [-0.3, -0.25) is 10.1 Å². The van der Waals surface area contributed by atoms with Crippen LogP contribution in [0.2, 0.25) is 0 Å². The molecule has 2 atom stereocenters. The maximum absolute atomic E-state index is 11.3. The largest absolute Gasteiger partial charge is 0.468 e. The van der Waals surface area contributed by atoms with Crippen molar-refractivity contribution in [1.82, 2.24) is 9.78 Å². The Hall–Kier alpha value is -1.63. The molecule has 0 bridgehead atoms. The molecule has 1 aromatic rings. The minimum absolute atomic E-state index is 0.00518. The van der Waals surface area contributed by atoms with E-state index in [-0.39, 0.29) is 29.8 Å². The standard InChI is InChI=1S/C14H24N4O3/c1-9(2)17-14(13(18(19)20)10(3)16-17)21-12-8-6-4-5-7-11(12)15/h9,11-12H,4-8,15H2,1-3H3. The third kappa shape index (κ3) is 3.34. The number of nitro groups is 1. The van der Waals surface area contributed by atoms with Crippen LogP contribution in [-0.4, -0.2) is 26.8 Å². The summed E-state index contributed by atoms with van der Waals surface area (Å²) in [6, 6.07) is -0.0858. The van der Waals surface area contributed by atoms with Crippen LogP contribution in [0.4, 0.5) is 5.69 Å². The van der Waals surface area contributed by atoms with E-state index in [2.05, 4.69) is 5.10 Å². The van der Waals surface area contributed by atoms with Gasteiger partial charge in [0.2, 0.25) is 0 Å². The van der Waals surface area contributed by atoms with Crippen LogP contribution in [0.15, 0.2) is 0 Å². The Bertz CT molecular complexity index is 513. The van der Waals surface area contributed by atoms with Crippen LogP contribution in [0.5, 0.6) is 5.88 Å². The van der Waals surface area contributed by atoms with Gasteiger partial charge >= 0.3 is 5.69 Å². The number of ether oxygens (including phenoxy) is 1. The minimum atomic E-state index is -0.418. The smallest absolute Gasteiger partial charge is 0.353 e. The van der Waals surface area contributed by atoms with Gasteiger partial charge in [-0.1, -0.05) is 12.8 Å². The molecule has 2 N–H and O–H groups in total. The summed E-state index contributed by atoms with van der Waals surface area (Å²) >= 11 is 0. The van der Waals surface area contributed by atoms with Crippen molar-refractivity contribution in [3.05, 3.63) is 15.8 Å². The average molecular weight is 296 g/mol. The molecule has 118 valence electrons. The number of rotatable bonds is 4. The van der Waals surface area contributed by atoms with Crippen LogP contribution in [-0.2, 0) is 0 Å². The van der Waals surface area contributed by atoms with Crippen molar-refractivity contribution >= 4 is 5.69 Å². The monoisotopic (exact) mass is 296 g/mol. The summed E-state index contributed by atoms with van der Waals surface area (Å²) in [5, 5.41) is 15.6. The third-order valence-electron chi connectivity index (χ3n) is 3.95. The van der Waals surface area contributed by atoms with E-state index < -0.39 is 4.92 Å². The quantitative estimate of drug-likeness (QED) is 0.523. The summed E-state index contributed by atoms with van der Waals surface area (Å²) in [6.45, 7) is 5.49. The van der Waals surface area contributed by atoms with Crippen LogP contribution >= 0.6 is 0 Å². The summed E-state index contributed by atoms with van der Waals surface area (Å²) in [5.41, 5.74) is 6.50. The normalized spacial score (nSPS) is 23.1. The lowest BCUT2D eigenvalue weighted by Gasteiger charge is -2.23. The van der Waals surface area contributed by atoms with Gasteiger partial charge in [-0.05, 0) is 40.0 Å². The van der Waals surface area contributed by atoms with E-state index >= 15 is 0 Å². The van der Waals surface area contributed by atoms with E-state index in [1.165, 1.54) is 0 Å². The van der Waals surface area contributed by atoms with Gasteiger partial charge in [0.1, 0.15) is 11.8 Å². The molecule has 0 aromatic carbocycles. The zero-order valence-corrected chi connectivity index (χ0v) is 12.9. The molecule has 0 amide bonds. The van der Waals surface area contributed by atoms with Crippen LogP contribution in [0, 0.1) is 17.0 Å². The molecule has 2 rings (SSSR count). The van der Waals surface area contributed by atoms with E-state index in [1.54, 1.807) is 11.6 Å². The van der Waals surface area contributed by atoms with E-state index in [0.29, 0.717) is 5.69 Å². The maximum atomic E-state index is 11.3. The first kappa shape index (κ1) is 15.8. The van der Waals surface area contributed by atoms with Gasteiger partial charge < -0.3 is 10.5 Å². The molecule has 0 aliphatic heterocycles. The molecule has 1 aromatic heterocycles. The van der Waals surface area contributed by atoms with Crippen LogP contribution in [0.25, 0.3) is 0 Å². The molecule has 1 aliphatic rings. The highest BCUT2D eigenvalue weighted by Gasteiger charge is 2.32. The van der Waals surface area contributed by atoms with Gasteiger partial charge in [0.15, 0.2) is 0 Å². The number of aromatic nitrogens is 2. The second-order valence-corrected chi connectivity index (χ2v) is 5.99. The van der Waals surface area contributed by atoms with E-state index in [0.717, 1.165) is 32.1 Å². The molecule has 2 unspecified atom stereocenters. The zero-order valence-electron chi connectivity index (χ0n) is 12.9. The lowest BCUT2D eigenvalue weighted by Crippen LogP contribution is -2.38. The maximum Gasteiger partial charge on any atom is 0.353 e. The number of nitrogens with zero attached hydrogens (tertiary/aromatic N) is 3. The van der Waals surface area contributed by atoms with Crippen molar-refractivity contribution in [1.29, 1.82) is 0 Å². The number of hydrogen-bond acceptors (Lipinski definition) is 5. The number of aryl methyl sites for hydroxylation is 1. The molecule has 1 fully saturated rings. The molecule has 1 heterocycles. The molecular weight excluding hydrogens is 272 g/mol. The zero-order chi connectivity index (χ0) is 15.6. The lowest BCUT2D eigenvalue weighted by atomic mass is 10.1.